The van der Waals surface area contributed by atoms with Crippen molar-refractivity contribution in [1.29, 1.82) is 0 Å². The van der Waals surface area contributed by atoms with Gasteiger partial charge in [0.25, 0.3) is 5.91 Å². The number of benzene rings is 3. The van der Waals surface area contributed by atoms with Crippen molar-refractivity contribution < 1.29 is 18.0 Å². The van der Waals surface area contributed by atoms with Gasteiger partial charge in [0.15, 0.2) is 0 Å². The Labute approximate surface area is 205 Å². The van der Waals surface area contributed by atoms with Gasteiger partial charge < -0.3 is 15.5 Å². The van der Waals surface area contributed by atoms with Crippen molar-refractivity contribution in [3.05, 3.63) is 90.0 Å². The second kappa shape index (κ2) is 10.7. The summed E-state index contributed by atoms with van der Waals surface area (Å²) in [5.41, 5.74) is 2.87. The lowest BCUT2D eigenvalue weighted by Crippen LogP contribution is -2.51. The minimum atomic E-state index is -3.56. The van der Waals surface area contributed by atoms with Gasteiger partial charge in [-0.1, -0.05) is 42.5 Å². The summed E-state index contributed by atoms with van der Waals surface area (Å²) < 4.78 is 27.0. The summed E-state index contributed by atoms with van der Waals surface area (Å²) in [7, 11) is -3.56. The van der Waals surface area contributed by atoms with Crippen LogP contribution in [-0.4, -0.2) is 62.2 Å². The van der Waals surface area contributed by atoms with Crippen molar-refractivity contribution in [1.82, 2.24) is 9.21 Å². The van der Waals surface area contributed by atoms with Crippen LogP contribution in [0.4, 0.5) is 11.4 Å². The van der Waals surface area contributed by atoms with Crippen LogP contribution in [0.25, 0.3) is 0 Å². The molecule has 0 unspecified atom stereocenters. The molecular weight excluding hydrogens is 464 g/mol. The Bertz CT molecular complexity index is 1290. The fraction of sp³-hybridized carbons (Fsp3) is 0.231. The van der Waals surface area contributed by atoms with Crippen LogP contribution in [0.15, 0.2) is 83.8 Å². The summed E-state index contributed by atoms with van der Waals surface area (Å²) in [6.07, 6.45) is 0. The van der Waals surface area contributed by atoms with Crippen molar-refractivity contribution in [3.63, 3.8) is 0 Å². The SMILES string of the molecule is Cc1ccc(NC(=O)c2ccccc2)cc1NCC(=O)N1CCN(S(=O)(=O)c2ccccc2)CC1. The second-order valence-corrected chi connectivity index (χ2v) is 10.2. The van der Waals surface area contributed by atoms with Crippen LogP contribution < -0.4 is 10.6 Å². The molecule has 1 heterocycles. The van der Waals surface area contributed by atoms with Crippen LogP contribution in [0.3, 0.4) is 0 Å². The van der Waals surface area contributed by atoms with Gasteiger partial charge in [-0.15, -0.1) is 0 Å². The summed E-state index contributed by atoms with van der Waals surface area (Å²) in [6.45, 7) is 3.16. The van der Waals surface area contributed by atoms with Crippen LogP contribution >= 0.6 is 0 Å². The maximum absolute atomic E-state index is 12.8. The molecule has 3 aromatic rings. The van der Waals surface area contributed by atoms with Crippen LogP contribution in [0.2, 0.25) is 0 Å². The van der Waals surface area contributed by atoms with Crippen LogP contribution in [0.1, 0.15) is 15.9 Å². The van der Waals surface area contributed by atoms with E-state index in [0.29, 0.717) is 24.3 Å². The summed E-state index contributed by atoms with van der Waals surface area (Å²) in [5.74, 6) is -0.320. The summed E-state index contributed by atoms with van der Waals surface area (Å²) in [6, 6.07) is 22.8. The first kappa shape index (κ1) is 24.4. The zero-order chi connectivity index (χ0) is 24.8. The van der Waals surface area contributed by atoms with E-state index in [0.717, 1.165) is 11.3 Å². The zero-order valence-electron chi connectivity index (χ0n) is 19.5. The molecule has 2 amide bonds. The molecule has 182 valence electrons. The zero-order valence-corrected chi connectivity index (χ0v) is 20.3. The highest BCUT2D eigenvalue weighted by atomic mass is 32.2. The monoisotopic (exact) mass is 492 g/mol. The third kappa shape index (κ3) is 5.87. The van der Waals surface area contributed by atoms with Gasteiger partial charge in [0.1, 0.15) is 0 Å². The standard InChI is InChI=1S/C26H28N4O4S/c1-20-12-13-22(28-26(32)21-8-4-2-5-9-21)18-24(20)27-19-25(31)29-14-16-30(17-15-29)35(33,34)23-10-6-3-7-11-23/h2-13,18,27H,14-17,19H2,1H3,(H,28,32). The van der Waals surface area contributed by atoms with E-state index < -0.39 is 10.0 Å². The number of amides is 2. The Balaban J connectivity index is 1.32. The second-order valence-electron chi connectivity index (χ2n) is 8.30. The topological polar surface area (TPSA) is 98.8 Å². The highest BCUT2D eigenvalue weighted by Gasteiger charge is 2.29. The minimum Gasteiger partial charge on any atom is -0.376 e. The summed E-state index contributed by atoms with van der Waals surface area (Å²) >= 11 is 0. The maximum atomic E-state index is 12.8. The van der Waals surface area contributed by atoms with Gasteiger partial charge in [0, 0.05) is 43.1 Å². The van der Waals surface area contributed by atoms with E-state index in [9.17, 15) is 18.0 Å². The van der Waals surface area contributed by atoms with E-state index in [-0.39, 0.29) is 36.3 Å². The third-order valence-electron chi connectivity index (χ3n) is 5.93. The molecule has 8 nitrogen and oxygen atoms in total. The number of carbonyl (C=O) groups is 2. The Morgan fingerprint density at radius 3 is 2.14 bits per heavy atom. The van der Waals surface area contributed by atoms with E-state index in [1.165, 1.54) is 4.31 Å². The Hall–Kier alpha value is -3.69. The van der Waals surface area contributed by atoms with Crippen LogP contribution in [0, 0.1) is 6.92 Å². The smallest absolute Gasteiger partial charge is 0.255 e. The van der Waals surface area contributed by atoms with Gasteiger partial charge in [-0.2, -0.15) is 4.31 Å². The van der Waals surface area contributed by atoms with Crippen molar-refractivity contribution in [2.24, 2.45) is 0 Å². The summed E-state index contributed by atoms with van der Waals surface area (Å²) in [4.78, 5) is 27.1. The molecule has 4 rings (SSSR count). The average molecular weight is 493 g/mol. The van der Waals surface area contributed by atoms with Gasteiger partial charge in [0.2, 0.25) is 15.9 Å². The van der Waals surface area contributed by atoms with E-state index >= 15 is 0 Å². The quantitative estimate of drug-likeness (QED) is 0.528. The van der Waals surface area contributed by atoms with Crippen molar-refractivity contribution in [2.75, 3.05) is 43.4 Å². The van der Waals surface area contributed by atoms with E-state index in [2.05, 4.69) is 10.6 Å². The molecule has 9 heteroatoms. The third-order valence-corrected chi connectivity index (χ3v) is 7.85. The lowest BCUT2D eigenvalue weighted by molar-refractivity contribution is -0.130. The average Bonchev–Trinajstić information content (AvgIpc) is 2.90. The number of sulfonamides is 1. The molecular formula is C26H28N4O4S. The predicted molar refractivity (Wildman–Crippen MR) is 136 cm³/mol. The first-order valence-corrected chi connectivity index (χ1v) is 12.8. The fourth-order valence-corrected chi connectivity index (χ4v) is 5.33. The number of anilines is 2. The summed E-state index contributed by atoms with van der Waals surface area (Å²) in [5, 5.41) is 6.03. The lowest BCUT2D eigenvalue weighted by atomic mass is 10.1. The van der Waals surface area contributed by atoms with E-state index in [1.54, 1.807) is 65.6 Å². The van der Waals surface area contributed by atoms with Crippen molar-refractivity contribution in [2.45, 2.75) is 11.8 Å². The number of nitrogens with zero attached hydrogens (tertiary/aromatic N) is 2. The van der Waals surface area contributed by atoms with Gasteiger partial charge >= 0.3 is 0 Å². The molecule has 1 aliphatic heterocycles. The Kier molecular flexibility index (Phi) is 7.48. The first-order valence-electron chi connectivity index (χ1n) is 11.4. The van der Waals surface area contributed by atoms with Crippen molar-refractivity contribution in [3.8, 4) is 0 Å². The van der Waals surface area contributed by atoms with Crippen LogP contribution in [-0.2, 0) is 14.8 Å². The molecule has 2 N–H and O–H groups in total. The number of hydrogen-bond donors (Lipinski definition) is 2. The molecule has 0 radical (unpaired) electrons. The molecule has 0 atom stereocenters. The number of piperazine rings is 1. The maximum Gasteiger partial charge on any atom is 0.255 e. The molecule has 0 aromatic heterocycles. The molecule has 1 saturated heterocycles. The number of carbonyl (C=O) groups excluding carboxylic acids is 2. The molecule has 0 spiro atoms. The highest BCUT2D eigenvalue weighted by molar-refractivity contribution is 7.89. The van der Waals surface area contributed by atoms with E-state index in [1.807, 2.05) is 25.1 Å². The van der Waals surface area contributed by atoms with E-state index in [4.69, 9.17) is 0 Å². The molecule has 0 bridgehead atoms. The van der Waals surface area contributed by atoms with Crippen molar-refractivity contribution >= 4 is 33.2 Å². The molecule has 3 aromatic carbocycles. The molecule has 0 saturated carbocycles. The molecule has 1 aliphatic rings. The largest absolute Gasteiger partial charge is 0.376 e. The Morgan fingerprint density at radius 1 is 0.857 bits per heavy atom. The number of rotatable bonds is 7. The lowest BCUT2D eigenvalue weighted by Gasteiger charge is -2.34. The van der Waals surface area contributed by atoms with Gasteiger partial charge in [-0.3, -0.25) is 9.59 Å². The predicted octanol–water partition coefficient (Wildman–Crippen LogP) is 3.19. The van der Waals surface area contributed by atoms with Crippen LogP contribution in [0.5, 0.6) is 0 Å². The number of hydrogen-bond acceptors (Lipinski definition) is 5. The normalized spacial score (nSPS) is 14.4. The van der Waals surface area contributed by atoms with Gasteiger partial charge in [0.05, 0.1) is 11.4 Å². The number of nitrogens with one attached hydrogen (secondary N) is 2. The van der Waals surface area contributed by atoms with Gasteiger partial charge in [-0.05, 0) is 48.9 Å². The Morgan fingerprint density at radius 2 is 1.49 bits per heavy atom. The molecule has 0 aliphatic carbocycles. The highest BCUT2D eigenvalue weighted by Crippen LogP contribution is 2.21. The molecule has 1 fully saturated rings. The first-order chi connectivity index (χ1) is 16.8. The minimum absolute atomic E-state index is 0.0718. The fourth-order valence-electron chi connectivity index (χ4n) is 3.89. The molecule has 35 heavy (non-hydrogen) atoms. The number of aryl methyl sites for hydroxylation is 1. The van der Waals surface area contributed by atoms with Gasteiger partial charge in [-0.25, -0.2) is 8.42 Å².